The predicted octanol–water partition coefficient (Wildman–Crippen LogP) is 10.8. The van der Waals surface area contributed by atoms with Crippen LogP contribution >= 0.6 is 0 Å². The van der Waals surface area contributed by atoms with Crippen molar-refractivity contribution in [2.75, 3.05) is 0 Å². The Morgan fingerprint density at radius 2 is 1.02 bits per heavy atom. The van der Waals surface area contributed by atoms with Gasteiger partial charge in [0.05, 0.1) is 22.4 Å². The molecule has 220 valence electrons. The highest BCUT2D eigenvalue weighted by Gasteiger charge is 2.15. The van der Waals surface area contributed by atoms with Crippen molar-refractivity contribution in [3.63, 3.8) is 0 Å². The smallest absolute Gasteiger partial charge is 0.160 e. The maximum absolute atomic E-state index is 5.06. The summed E-state index contributed by atoms with van der Waals surface area (Å²) < 4.78 is 2.37. The van der Waals surface area contributed by atoms with E-state index in [1.807, 2.05) is 30.5 Å². The molecule has 0 radical (unpaired) electrons. The van der Waals surface area contributed by atoms with E-state index in [0.717, 1.165) is 44.9 Å². The zero-order chi connectivity index (χ0) is 31.2. The Morgan fingerprint density at radius 3 is 1.74 bits per heavy atom. The Kier molecular flexibility index (Phi) is 6.43. The molecule has 0 N–H and O–H groups in total. The van der Waals surface area contributed by atoms with Crippen LogP contribution in [0.3, 0.4) is 0 Å². The first-order valence-electron chi connectivity index (χ1n) is 15.8. The third kappa shape index (κ3) is 4.84. The molecule has 9 aromatic rings. The number of fused-ring (bicyclic) bond motifs is 4. The van der Waals surface area contributed by atoms with Gasteiger partial charge in [0.1, 0.15) is 0 Å². The summed E-state index contributed by atoms with van der Waals surface area (Å²) in [5.74, 6) is 0.702. The van der Waals surface area contributed by atoms with Gasteiger partial charge in [-0.25, -0.2) is 9.97 Å². The number of nitrogens with zero attached hydrogens (tertiary/aromatic N) is 4. The average molecular weight is 601 g/mol. The molecule has 6 aromatic carbocycles. The van der Waals surface area contributed by atoms with Gasteiger partial charge < -0.3 is 4.57 Å². The van der Waals surface area contributed by atoms with Crippen molar-refractivity contribution in [2.24, 2.45) is 0 Å². The van der Waals surface area contributed by atoms with Crippen molar-refractivity contribution in [3.8, 4) is 50.7 Å². The average Bonchev–Trinajstić information content (AvgIpc) is 3.47. The van der Waals surface area contributed by atoms with Crippen molar-refractivity contribution < 1.29 is 0 Å². The lowest BCUT2D eigenvalue weighted by Crippen LogP contribution is -1.97. The number of hydrogen-bond acceptors (Lipinski definition) is 3. The number of hydrogen-bond donors (Lipinski definition) is 0. The van der Waals surface area contributed by atoms with Crippen molar-refractivity contribution in [1.82, 2.24) is 19.5 Å². The number of para-hydroxylation sites is 1. The van der Waals surface area contributed by atoms with Crippen LogP contribution in [0, 0.1) is 0 Å². The summed E-state index contributed by atoms with van der Waals surface area (Å²) in [7, 11) is 0. The standard InChI is InChI=1S/C43H28N4/c1-2-9-32(10-3-1)43-45-39(30-18-16-29(17-19-30)35-13-8-24-44-28-35)27-40(46-43)31-20-22-36(23-21-31)47-41-15-7-6-14-37(41)38-25-33-11-4-5-12-34(33)26-42(38)47/h1-28H. The minimum Gasteiger partial charge on any atom is -0.309 e. The van der Waals surface area contributed by atoms with Crippen LogP contribution in [0.15, 0.2) is 170 Å². The quantitative estimate of drug-likeness (QED) is 0.197. The van der Waals surface area contributed by atoms with Gasteiger partial charge in [-0.05, 0) is 64.4 Å². The molecule has 0 saturated carbocycles. The monoisotopic (exact) mass is 600 g/mol. The first-order chi connectivity index (χ1) is 23.3. The Bertz CT molecular complexity index is 2530. The molecule has 0 atom stereocenters. The van der Waals surface area contributed by atoms with Crippen LogP contribution in [0.25, 0.3) is 83.3 Å². The normalized spacial score (nSPS) is 11.4. The number of aromatic nitrogens is 4. The van der Waals surface area contributed by atoms with Crippen LogP contribution < -0.4 is 0 Å². The zero-order valence-electron chi connectivity index (χ0n) is 25.5. The van der Waals surface area contributed by atoms with Crippen LogP contribution in [-0.2, 0) is 0 Å². The van der Waals surface area contributed by atoms with Crippen LogP contribution in [0.2, 0.25) is 0 Å². The second kappa shape index (κ2) is 11.2. The molecular weight excluding hydrogens is 573 g/mol. The fourth-order valence-electron chi connectivity index (χ4n) is 6.54. The maximum Gasteiger partial charge on any atom is 0.160 e. The van der Waals surface area contributed by atoms with E-state index in [-0.39, 0.29) is 0 Å². The maximum atomic E-state index is 5.06. The van der Waals surface area contributed by atoms with E-state index in [9.17, 15) is 0 Å². The number of benzene rings is 6. The van der Waals surface area contributed by atoms with Gasteiger partial charge >= 0.3 is 0 Å². The largest absolute Gasteiger partial charge is 0.309 e. The predicted molar refractivity (Wildman–Crippen MR) is 193 cm³/mol. The molecule has 0 aliphatic heterocycles. The minimum atomic E-state index is 0.702. The van der Waals surface area contributed by atoms with Crippen molar-refractivity contribution in [3.05, 3.63) is 170 Å². The van der Waals surface area contributed by atoms with Gasteiger partial charge in [-0.1, -0.05) is 115 Å². The highest BCUT2D eigenvalue weighted by atomic mass is 15.0. The van der Waals surface area contributed by atoms with Crippen molar-refractivity contribution >= 4 is 32.6 Å². The summed E-state index contributed by atoms with van der Waals surface area (Å²) in [6.07, 6.45) is 3.68. The second-order valence-corrected chi connectivity index (χ2v) is 11.8. The van der Waals surface area contributed by atoms with E-state index in [1.165, 1.54) is 32.6 Å². The molecule has 0 unspecified atom stereocenters. The van der Waals surface area contributed by atoms with E-state index in [0.29, 0.717) is 5.82 Å². The van der Waals surface area contributed by atoms with Gasteiger partial charge in [-0.2, -0.15) is 0 Å². The van der Waals surface area contributed by atoms with Gasteiger partial charge in [-0.3, -0.25) is 4.98 Å². The first kappa shape index (κ1) is 27.0. The van der Waals surface area contributed by atoms with Crippen molar-refractivity contribution in [2.45, 2.75) is 0 Å². The molecule has 4 nitrogen and oxygen atoms in total. The van der Waals surface area contributed by atoms with E-state index in [2.05, 4.69) is 143 Å². The molecule has 0 spiro atoms. The molecule has 3 aromatic heterocycles. The molecule has 47 heavy (non-hydrogen) atoms. The summed E-state index contributed by atoms with van der Waals surface area (Å²) in [5.41, 5.74) is 10.5. The molecule has 0 bridgehead atoms. The van der Waals surface area contributed by atoms with E-state index < -0.39 is 0 Å². The summed E-state index contributed by atoms with van der Waals surface area (Å²) in [6, 6.07) is 55.4. The Labute approximate surface area is 272 Å². The van der Waals surface area contributed by atoms with Gasteiger partial charge in [-0.15, -0.1) is 0 Å². The molecule has 0 saturated heterocycles. The molecule has 0 fully saturated rings. The summed E-state index contributed by atoms with van der Waals surface area (Å²) in [4.78, 5) is 14.4. The van der Waals surface area contributed by atoms with E-state index in [1.54, 1.807) is 6.20 Å². The molecule has 0 amide bonds. The van der Waals surface area contributed by atoms with E-state index >= 15 is 0 Å². The van der Waals surface area contributed by atoms with Crippen molar-refractivity contribution in [1.29, 1.82) is 0 Å². The molecule has 4 heteroatoms. The number of pyridine rings is 1. The Balaban J connectivity index is 1.15. The lowest BCUT2D eigenvalue weighted by molar-refractivity contribution is 1.17. The highest BCUT2D eigenvalue weighted by molar-refractivity contribution is 6.13. The van der Waals surface area contributed by atoms with E-state index in [4.69, 9.17) is 9.97 Å². The van der Waals surface area contributed by atoms with Crippen LogP contribution in [0.4, 0.5) is 0 Å². The lowest BCUT2D eigenvalue weighted by atomic mass is 10.0. The molecular formula is C43H28N4. The topological polar surface area (TPSA) is 43.6 Å². The summed E-state index contributed by atoms with van der Waals surface area (Å²) >= 11 is 0. The lowest BCUT2D eigenvalue weighted by Gasteiger charge is -2.12. The molecule has 3 heterocycles. The molecule has 0 aliphatic carbocycles. The van der Waals surface area contributed by atoms with Crippen LogP contribution in [-0.4, -0.2) is 19.5 Å². The SMILES string of the molecule is c1ccc(-c2nc(-c3ccc(-c4cccnc4)cc3)cc(-c3ccc(-n4c5ccccc5c5cc6ccccc6cc54)cc3)n2)cc1. The fraction of sp³-hybridized carbons (Fsp3) is 0. The zero-order valence-corrected chi connectivity index (χ0v) is 25.5. The second-order valence-electron chi connectivity index (χ2n) is 11.8. The third-order valence-electron chi connectivity index (χ3n) is 8.89. The fourth-order valence-corrected chi connectivity index (χ4v) is 6.54. The Hall–Kier alpha value is -6.39. The summed E-state index contributed by atoms with van der Waals surface area (Å²) in [6.45, 7) is 0. The van der Waals surface area contributed by atoms with Crippen LogP contribution in [0.1, 0.15) is 0 Å². The van der Waals surface area contributed by atoms with Gasteiger partial charge in [0.25, 0.3) is 0 Å². The molecule has 0 aliphatic rings. The minimum absolute atomic E-state index is 0.702. The van der Waals surface area contributed by atoms with Crippen LogP contribution in [0.5, 0.6) is 0 Å². The van der Waals surface area contributed by atoms with Gasteiger partial charge in [0.15, 0.2) is 5.82 Å². The number of rotatable bonds is 5. The first-order valence-corrected chi connectivity index (χ1v) is 15.8. The Morgan fingerprint density at radius 1 is 0.404 bits per heavy atom. The molecule has 9 rings (SSSR count). The highest BCUT2D eigenvalue weighted by Crippen LogP contribution is 2.36. The van der Waals surface area contributed by atoms with Gasteiger partial charge in [0, 0.05) is 45.5 Å². The third-order valence-corrected chi connectivity index (χ3v) is 8.89. The van der Waals surface area contributed by atoms with Gasteiger partial charge in [0.2, 0.25) is 0 Å². The summed E-state index contributed by atoms with van der Waals surface area (Å²) in [5, 5.41) is 4.99.